The van der Waals surface area contributed by atoms with E-state index in [4.69, 9.17) is 4.74 Å². The molecule has 1 saturated heterocycles. The molecular weight excluding hydrogens is 390 g/mol. The van der Waals surface area contributed by atoms with Crippen LogP contribution in [0.15, 0.2) is 70.4 Å². The highest BCUT2D eigenvalue weighted by atomic mass is 16.5. The zero-order chi connectivity index (χ0) is 21.4. The van der Waals surface area contributed by atoms with Crippen molar-refractivity contribution in [3.63, 3.8) is 0 Å². The molecule has 6 nitrogen and oxygen atoms in total. The Morgan fingerprint density at radius 3 is 2.77 bits per heavy atom. The van der Waals surface area contributed by atoms with E-state index in [1.54, 1.807) is 19.4 Å². The van der Waals surface area contributed by atoms with Crippen LogP contribution in [-0.2, 0) is 13.0 Å². The Hall–Kier alpha value is -3.12. The number of likely N-dealkylation sites (tertiary alicyclic amines) is 1. The van der Waals surface area contributed by atoms with Crippen LogP contribution in [0.1, 0.15) is 35.2 Å². The maximum Gasteiger partial charge on any atom is 0.252 e. The van der Waals surface area contributed by atoms with Crippen molar-refractivity contribution >= 4 is 0 Å². The highest BCUT2D eigenvalue weighted by Crippen LogP contribution is 2.42. The number of nitrogens with zero attached hydrogens (tertiary/aromatic N) is 2. The summed E-state index contributed by atoms with van der Waals surface area (Å²) in [6, 6.07) is 17.6. The van der Waals surface area contributed by atoms with Crippen LogP contribution < -0.4 is 15.9 Å². The van der Waals surface area contributed by atoms with E-state index in [2.05, 4.69) is 28.1 Å². The Labute approximate surface area is 181 Å². The number of H-pyrrole nitrogens is 1. The summed E-state index contributed by atoms with van der Waals surface area (Å²) in [6.45, 7) is 2.37. The number of benzene rings is 1. The van der Waals surface area contributed by atoms with Crippen LogP contribution in [0.5, 0.6) is 5.75 Å². The molecule has 3 aromatic rings. The second-order valence-electron chi connectivity index (χ2n) is 8.69. The van der Waals surface area contributed by atoms with Crippen molar-refractivity contribution in [1.29, 1.82) is 0 Å². The predicted molar refractivity (Wildman–Crippen MR) is 120 cm³/mol. The van der Waals surface area contributed by atoms with Gasteiger partial charge >= 0.3 is 0 Å². The third-order valence-electron chi connectivity index (χ3n) is 6.75. The number of piperidine rings is 1. The molecule has 1 fully saturated rings. The molecule has 6 heteroatoms. The van der Waals surface area contributed by atoms with Crippen LogP contribution in [0.25, 0.3) is 0 Å². The molecule has 160 valence electrons. The van der Waals surface area contributed by atoms with Crippen LogP contribution >= 0.6 is 0 Å². The highest BCUT2D eigenvalue weighted by Gasteiger charge is 2.40. The zero-order valence-electron chi connectivity index (χ0n) is 17.7. The third kappa shape index (κ3) is 3.83. The smallest absolute Gasteiger partial charge is 0.252 e. The van der Waals surface area contributed by atoms with Gasteiger partial charge in [0.25, 0.3) is 11.1 Å². The lowest BCUT2D eigenvalue weighted by Gasteiger charge is -2.47. The summed E-state index contributed by atoms with van der Waals surface area (Å²) < 4.78 is 7.44. The fourth-order valence-corrected chi connectivity index (χ4v) is 5.39. The molecule has 2 aliphatic rings. The third-order valence-corrected chi connectivity index (χ3v) is 6.75. The average Bonchev–Trinajstić information content (AvgIpc) is 2.78. The number of methoxy groups -OCH3 is 1. The molecular formula is C25H27N3O3. The lowest BCUT2D eigenvalue weighted by Crippen LogP contribution is -2.49. The Morgan fingerprint density at radius 2 is 1.94 bits per heavy atom. The van der Waals surface area contributed by atoms with Crippen LogP contribution in [0, 0.1) is 5.92 Å². The Balaban J connectivity index is 1.49. The van der Waals surface area contributed by atoms with Gasteiger partial charge in [-0.1, -0.05) is 24.3 Å². The van der Waals surface area contributed by atoms with E-state index in [0.717, 1.165) is 42.9 Å². The summed E-state index contributed by atoms with van der Waals surface area (Å²) in [5.74, 6) is 1.48. The van der Waals surface area contributed by atoms with E-state index in [1.165, 1.54) is 5.56 Å². The highest BCUT2D eigenvalue weighted by molar-refractivity contribution is 5.30. The number of hydrogen-bond donors (Lipinski definition) is 1. The van der Waals surface area contributed by atoms with Crippen LogP contribution in [0.2, 0.25) is 0 Å². The summed E-state index contributed by atoms with van der Waals surface area (Å²) in [6.07, 6.45) is 3.52. The van der Waals surface area contributed by atoms with Crippen molar-refractivity contribution in [3.05, 3.63) is 98.3 Å². The lowest BCUT2D eigenvalue weighted by atomic mass is 9.76. The predicted octanol–water partition coefficient (Wildman–Crippen LogP) is 2.95. The fraction of sp³-hybridized carbons (Fsp3) is 0.360. The first-order chi connectivity index (χ1) is 15.1. The number of fused-ring (bicyclic) bond motifs is 4. The van der Waals surface area contributed by atoms with Crippen LogP contribution in [0.3, 0.4) is 0 Å². The van der Waals surface area contributed by atoms with Crippen molar-refractivity contribution < 1.29 is 4.74 Å². The number of hydrogen-bond acceptors (Lipinski definition) is 4. The van der Waals surface area contributed by atoms with Crippen molar-refractivity contribution in [1.82, 2.24) is 14.5 Å². The summed E-state index contributed by atoms with van der Waals surface area (Å²) in [5, 5.41) is 0. The molecule has 5 rings (SSSR count). The summed E-state index contributed by atoms with van der Waals surface area (Å²) in [7, 11) is 1.68. The Morgan fingerprint density at radius 1 is 1.06 bits per heavy atom. The van der Waals surface area contributed by atoms with E-state index >= 15 is 0 Å². The van der Waals surface area contributed by atoms with Crippen molar-refractivity contribution in [2.45, 2.75) is 31.3 Å². The van der Waals surface area contributed by atoms with Gasteiger partial charge in [0, 0.05) is 55.1 Å². The minimum Gasteiger partial charge on any atom is -0.497 e. The van der Waals surface area contributed by atoms with Crippen LogP contribution in [-0.4, -0.2) is 34.7 Å². The molecule has 0 radical (unpaired) electrons. The molecule has 31 heavy (non-hydrogen) atoms. The van der Waals surface area contributed by atoms with Crippen LogP contribution in [0.4, 0.5) is 0 Å². The Kier molecular flexibility index (Phi) is 5.24. The maximum atomic E-state index is 12.9. The van der Waals surface area contributed by atoms with Gasteiger partial charge in [-0.15, -0.1) is 0 Å². The van der Waals surface area contributed by atoms with Crippen molar-refractivity contribution in [2.24, 2.45) is 5.92 Å². The SMILES string of the molecule is COc1cccc(C[C@H]2[C@H]3C[C@H](CN(Cc4ccc[nH]c4=O)C3)c3cccc(=O)n32)c1. The van der Waals surface area contributed by atoms with Crippen molar-refractivity contribution in [3.8, 4) is 5.75 Å². The molecule has 4 heterocycles. The van der Waals surface area contributed by atoms with E-state index in [9.17, 15) is 9.59 Å². The number of aromatic amines is 1. The zero-order valence-corrected chi connectivity index (χ0v) is 17.7. The minimum absolute atomic E-state index is 0.0252. The fourth-order valence-electron chi connectivity index (χ4n) is 5.39. The second-order valence-corrected chi connectivity index (χ2v) is 8.69. The molecule has 2 aromatic heterocycles. The topological polar surface area (TPSA) is 67.3 Å². The maximum absolute atomic E-state index is 12.9. The molecule has 0 amide bonds. The normalized spacial score (nSPS) is 22.7. The van der Waals surface area contributed by atoms with Gasteiger partial charge in [-0.25, -0.2) is 0 Å². The van der Waals surface area contributed by atoms with Gasteiger partial charge in [-0.2, -0.15) is 0 Å². The van der Waals surface area contributed by atoms with Gasteiger partial charge in [0.1, 0.15) is 5.75 Å². The summed E-state index contributed by atoms with van der Waals surface area (Å²) in [4.78, 5) is 30.3. The monoisotopic (exact) mass is 417 g/mol. The van der Waals surface area contributed by atoms with Gasteiger partial charge in [-0.05, 0) is 48.6 Å². The summed E-state index contributed by atoms with van der Waals surface area (Å²) >= 11 is 0. The first-order valence-electron chi connectivity index (χ1n) is 10.9. The molecule has 1 N–H and O–H groups in total. The first-order valence-corrected chi connectivity index (χ1v) is 10.9. The van der Waals surface area contributed by atoms with E-state index < -0.39 is 0 Å². The van der Waals surface area contributed by atoms with Crippen molar-refractivity contribution in [2.75, 3.05) is 20.2 Å². The molecule has 0 unspecified atom stereocenters. The number of aromatic nitrogens is 2. The second kappa shape index (κ2) is 8.19. The van der Waals surface area contributed by atoms with Gasteiger partial charge in [0.05, 0.1) is 7.11 Å². The molecule has 0 saturated carbocycles. The molecule has 2 aliphatic heterocycles. The largest absolute Gasteiger partial charge is 0.497 e. The molecule has 0 aliphatic carbocycles. The molecule has 1 aromatic carbocycles. The number of ether oxygens (including phenoxy) is 1. The minimum atomic E-state index is -0.0252. The lowest BCUT2D eigenvalue weighted by molar-refractivity contribution is 0.0850. The number of nitrogens with one attached hydrogen (secondary N) is 1. The average molecular weight is 418 g/mol. The van der Waals surface area contributed by atoms with Gasteiger partial charge in [0.2, 0.25) is 0 Å². The van der Waals surface area contributed by atoms with E-state index in [0.29, 0.717) is 18.4 Å². The standard InChI is InChI=1S/C25H27N3O3/c1-31-21-7-2-5-17(11-21)12-23-20-13-19(22-8-3-9-24(29)28(22)23)15-27(16-20)14-18-6-4-10-26-25(18)30/h2-11,19-20,23H,12-16H2,1H3,(H,26,30)/t19-,20+,23+/m1/s1. The van der Waals surface area contributed by atoms with Gasteiger partial charge < -0.3 is 14.3 Å². The summed E-state index contributed by atoms with van der Waals surface area (Å²) in [5.41, 5.74) is 3.12. The first kappa shape index (κ1) is 19.8. The number of rotatable bonds is 5. The molecule has 2 bridgehead atoms. The number of pyridine rings is 2. The van der Waals surface area contributed by atoms with E-state index in [-0.39, 0.29) is 17.2 Å². The molecule has 0 spiro atoms. The van der Waals surface area contributed by atoms with Gasteiger partial charge in [0.15, 0.2) is 0 Å². The van der Waals surface area contributed by atoms with E-state index in [1.807, 2.05) is 34.9 Å². The molecule has 3 atom stereocenters. The van der Waals surface area contributed by atoms with Gasteiger partial charge in [-0.3, -0.25) is 14.5 Å². The quantitative estimate of drug-likeness (QED) is 0.693. The Bertz CT molecular complexity index is 1200.